The highest BCUT2D eigenvalue weighted by Gasteiger charge is 2.38. The molecule has 0 unspecified atom stereocenters. The highest BCUT2D eigenvalue weighted by atomic mass is 32.2. The minimum atomic E-state index is -0.0777. The lowest BCUT2D eigenvalue weighted by molar-refractivity contribution is -0.122. The van der Waals surface area contributed by atoms with Crippen molar-refractivity contribution in [3.8, 4) is 0 Å². The van der Waals surface area contributed by atoms with Crippen molar-refractivity contribution in [2.45, 2.75) is 24.7 Å². The summed E-state index contributed by atoms with van der Waals surface area (Å²) in [5.41, 5.74) is 0.787. The molecule has 0 spiro atoms. The molecular formula is C15H20N2O2S. The van der Waals surface area contributed by atoms with E-state index in [0.717, 1.165) is 17.0 Å². The van der Waals surface area contributed by atoms with Gasteiger partial charge in [-0.1, -0.05) is 6.92 Å². The summed E-state index contributed by atoms with van der Waals surface area (Å²) >= 11 is 1.66. The second-order valence-electron chi connectivity index (χ2n) is 5.14. The van der Waals surface area contributed by atoms with Gasteiger partial charge in [0.1, 0.15) is 0 Å². The number of benzene rings is 1. The number of amides is 2. The van der Waals surface area contributed by atoms with E-state index in [1.54, 1.807) is 11.8 Å². The molecule has 1 aliphatic carbocycles. The molecule has 0 radical (unpaired) electrons. The van der Waals surface area contributed by atoms with Crippen LogP contribution in [-0.4, -0.2) is 24.6 Å². The number of carbonyl (C=O) groups is 2. The van der Waals surface area contributed by atoms with Crippen LogP contribution < -0.4 is 10.6 Å². The van der Waals surface area contributed by atoms with Crippen LogP contribution in [0.4, 0.5) is 5.69 Å². The van der Waals surface area contributed by atoms with E-state index >= 15 is 0 Å². The monoisotopic (exact) mass is 292 g/mol. The number of hydrogen-bond donors (Lipinski definition) is 2. The van der Waals surface area contributed by atoms with Crippen LogP contribution in [0.3, 0.4) is 0 Å². The lowest BCUT2D eigenvalue weighted by Gasteiger charge is -2.07. The molecule has 0 bridgehead atoms. The Morgan fingerprint density at radius 1 is 1.30 bits per heavy atom. The van der Waals surface area contributed by atoms with Crippen molar-refractivity contribution in [2.75, 3.05) is 18.1 Å². The predicted octanol–water partition coefficient (Wildman–Crippen LogP) is 2.51. The van der Waals surface area contributed by atoms with E-state index in [4.69, 9.17) is 0 Å². The van der Waals surface area contributed by atoms with E-state index in [1.807, 2.05) is 30.5 Å². The number of thioether (sulfide) groups is 1. The summed E-state index contributed by atoms with van der Waals surface area (Å²) in [6, 6.07) is 7.70. The quantitative estimate of drug-likeness (QED) is 0.792. The molecule has 1 aromatic rings. The first kappa shape index (κ1) is 14.9. The zero-order valence-corrected chi connectivity index (χ0v) is 12.6. The Labute approximate surface area is 123 Å². The maximum atomic E-state index is 11.7. The summed E-state index contributed by atoms with van der Waals surface area (Å²) < 4.78 is 0. The molecule has 20 heavy (non-hydrogen) atoms. The topological polar surface area (TPSA) is 58.2 Å². The van der Waals surface area contributed by atoms with Crippen LogP contribution in [0, 0.1) is 11.8 Å². The maximum Gasteiger partial charge on any atom is 0.226 e. The van der Waals surface area contributed by atoms with Gasteiger partial charge in [-0.25, -0.2) is 0 Å². The van der Waals surface area contributed by atoms with Crippen LogP contribution >= 0.6 is 11.8 Å². The van der Waals surface area contributed by atoms with Crippen LogP contribution in [0.15, 0.2) is 29.2 Å². The molecule has 108 valence electrons. The Morgan fingerprint density at radius 3 is 2.50 bits per heavy atom. The molecule has 1 saturated carbocycles. The van der Waals surface area contributed by atoms with Crippen molar-refractivity contribution < 1.29 is 9.59 Å². The summed E-state index contributed by atoms with van der Waals surface area (Å²) in [6.07, 6.45) is 3.29. The van der Waals surface area contributed by atoms with Gasteiger partial charge in [-0.2, -0.15) is 0 Å². The van der Waals surface area contributed by atoms with Crippen molar-refractivity contribution in [2.24, 2.45) is 11.8 Å². The van der Waals surface area contributed by atoms with E-state index in [2.05, 4.69) is 17.6 Å². The number of nitrogens with one attached hydrogen (secondary N) is 2. The van der Waals surface area contributed by atoms with E-state index in [0.29, 0.717) is 18.9 Å². The minimum absolute atomic E-state index is 0.0777. The molecule has 1 aliphatic rings. The summed E-state index contributed by atoms with van der Waals surface area (Å²) in [6.45, 7) is 2.46. The first-order valence-corrected chi connectivity index (χ1v) is 8.04. The van der Waals surface area contributed by atoms with Gasteiger partial charge in [0, 0.05) is 29.5 Å². The normalized spacial score (nSPS) is 20.3. The van der Waals surface area contributed by atoms with E-state index in [-0.39, 0.29) is 17.7 Å². The molecule has 2 atom stereocenters. The van der Waals surface area contributed by atoms with Crippen molar-refractivity contribution in [1.82, 2.24) is 5.32 Å². The van der Waals surface area contributed by atoms with Gasteiger partial charge in [0.2, 0.25) is 11.8 Å². The van der Waals surface area contributed by atoms with Gasteiger partial charge < -0.3 is 10.6 Å². The van der Waals surface area contributed by atoms with E-state index in [1.165, 1.54) is 0 Å². The van der Waals surface area contributed by atoms with E-state index < -0.39 is 0 Å². The Balaban J connectivity index is 1.68. The third kappa shape index (κ3) is 4.27. The molecule has 0 aliphatic heterocycles. The van der Waals surface area contributed by atoms with Gasteiger partial charge in [0.15, 0.2) is 0 Å². The first-order valence-electron chi connectivity index (χ1n) is 6.81. The lowest BCUT2D eigenvalue weighted by Crippen LogP contribution is -2.29. The molecule has 2 rings (SSSR count). The molecule has 0 heterocycles. The standard InChI is InChI=1S/C15H20N2O2S/c1-10-9-13(10)15(19)16-8-7-14(18)17-11-3-5-12(20-2)6-4-11/h3-6,10,13H,7-9H2,1-2H3,(H,16,19)(H,17,18)/t10-,13+/m1/s1. The summed E-state index contributed by atoms with van der Waals surface area (Å²) in [5, 5.41) is 5.63. The van der Waals surface area contributed by atoms with Crippen LogP contribution in [0.2, 0.25) is 0 Å². The third-order valence-electron chi connectivity index (χ3n) is 3.47. The predicted molar refractivity (Wildman–Crippen MR) is 81.8 cm³/mol. The van der Waals surface area contributed by atoms with Gasteiger partial charge in [-0.15, -0.1) is 11.8 Å². The largest absolute Gasteiger partial charge is 0.355 e. The molecule has 1 aromatic carbocycles. The van der Waals surface area contributed by atoms with Gasteiger partial charge >= 0.3 is 0 Å². The zero-order valence-electron chi connectivity index (χ0n) is 11.8. The van der Waals surface area contributed by atoms with Crippen molar-refractivity contribution in [1.29, 1.82) is 0 Å². The second-order valence-corrected chi connectivity index (χ2v) is 6.02. The zero-order chi connectivity index (χ0) is 14.5. The minimum Gasteiger partial charge on any atom is -0.355 e. The number of anilines is 1. The Morgan fingerprint density at radius 2 is 1.95 bits per heavy atom. The molecule has 2 N–H and O–H groups in total. The molecule has 1 fully saturated rings. The van der Waals surface area contributed by atoms with Crippen molar-refractivity contribution >= 4 is 29.3 Å². The van der Waals surface area contributed by atoms with Crippen LogP contribution in [0.5, 0.6) is 0 Å². The summed E-state index contributed by atoms with van der Waals surface area (Å²) in [7, 11) is 0. The first-order chi connectivity index (χ1) is 9.60. The molecule has 2 amide bonds. The Kier molecular flexibility index (Phi) is 5.06. The van der Waals surface area contributed by atoms with Crippen LogP contribution in [0.25, 0.3) is 0 Å². The fraction of sp³-hybridized carbons (Fsp3) is 0.467. The Hall–Kier alpha value is -1.49. The average Bonchev–Trinajstić information content (AvgIpc) is 3.17. The number of hydrogen-bond acceptors (Lipinski definition) is 3. The fourth-order valence-corrected chi connectivity index (χ4v) is 2.42. The summed E-state index contributed by atoms with van der Waals surface area (Å²) in [5.74, 6) is 0.664. The van der Waals surface area contributed by atoms with Crippen LogP contribution in [-0.2, 0) is 9.59 Å². The fourth-order valence-electron chi connectivity index (χ4n) is 2.02. The number of rotatable bonds is 6. The SMILES string of the molecule is CSc1ccc(NC(=O)CCNC(=O)[C@H]2C[C@H]2C)cc1. The van der Waals surface area contributed by atoms with Crippen molar-refractivity contribution in [3.05, 3.63) is 24.3 Å². The Bertz CT molecular complexity index is 487. The highest BCUT2D eigenvalue weighted by molar-refractivity contribution is 7.98. The van der Waals surface area contributed by atoms with Gasteiger partial charge in [0.25, 0.3) is 0 Å². The lowest BCUT2D eigenvalue weighted by atomic mass is 10.3. The van der Waals surface area contributed by atoms with Gasteiger partial charge in [0.05, 0.1) is 0 Å². The smallest absolute Gasteiger partial charge is 0.226 e. The van der Waals surface area contributed by atoms with E-state index in [9.17, 15) is 9.59 Å². The molecule has 4 nitrogen and oxygen atoms in total. The maximum absolute atomic E-state index is 11.7. The molecular weight excluding hydrogens is 272 g/mol. The third-order valence-corrected chi connectivity index (χ3v) is 4.21. The van der Waals surface area contributed by atoms with Gasteiger partial charge in [-0.05, 0) is 42.9 Å². The number of carbonyl (C=O) groups excluding carboxylic acids is 2. The van der Waals surface area contributed by atoms with Crippen molar-refractivity contribution in [3.63, 3.8) is 0 Å². The summed E-state index contributed by atoms with van der Waals surface area (Å²) in [4.78, 5) is 24.5. The van der Waals surface area contributed by atoms with Crippen LogP contribution in [0.1, 0.15) is 19.8 Å². The highest BCUT2D eigenvalue weighted by Crippen LogP contribution is 2.37. The average molecular weight is 292 g/mol. The van der Waals surface area contributed by atoms with Gasteiger partial charge in [-0.3, -0.25) is 9.59 Å². The second kappa shape index (κ2) is 6.79. The molecule has 0 saturated heterocycles. The molecule has 0 aromatic heterocycles. The molecule has 5 heteroatoms.